The Kier molecular flexibility index (Phi) is 2.14. The van der Waals surface area contributed by atoms with Crippen molar-refractivity contribution in [1.29, 1.82) is 0 Å². The Morgan fingerprint density at radius 1 is 1.14 bits per heavy atom. The van der Waals surface area contributed by atoms with E-state index in [0.717, 1.165) is 16.8 Å². The van der Waals surface area contributed by atoms with E-state index in [9.17, 15) is 0 Å². The van der Waals surface area contributed by atoms with Crippen molar-refractivity contribution < 1.29 is 5.11 Å². The summed E-state index contributed by atoms with van der Waals surface area (Å²) in [4.78, 5) is 7.66. The van der Waals surface area contributed by atoms with Gasteiger partial charge in [-0.05, 0) is 12.5 Å². The fourth-order valence-electron chi connectivity index (χ4n) is 1.36. The van der Waals surface area contributed by atoms with Crippen LogP contribution in [0.1, 0.15) is 5.69 Å². The van der Waals surface area contributed by atoms with Gasteiger partial charge >= 0.3 is 6.01 Å². The lowest BCUT2D eigenvalue weighted by Crippen LogP contribution is -1.89. The molecule has 0 aliphatic carbocycles. The van der Waals surface area contributed by atoms with Crippen LogP contribution in [0.5, 0.6) is 6.01 Å². The van der Waals surface area contributed by atoms with Crippen LogP contribution in [0.25, 0.3) is 11.1 Å². The van der Waals surface area contributed by atoms with E-state index in [2.05, 4.69) is 9.97 Å². The predicted octanol–water partition coefficient (Wildman–Crippen LogP) is 2.16. The molecule has 1 aromatic carbocycles. The van der Waals surface area contributed by atoms with Crippen LogP contribution >= 0.6 is 0 Å². The Hall–Kier alpha value is -1.90. The molecule has 0 amide bonds. The van der Waals surface area contributed by atoms with Gasteiger partial charge in [-0.15, -0.1) is 0 Å². The number of nitrogens with zero attached hydrogens (tertiary/aromatic N) is 2. The van der Waals surface area contributed by atoms with E-state index in [1.165, 1.54) is 0 Å². The van der Waals surface area contributed by atoms with Crippen LogP contribution in [-0.2, 0) is 0 Å². The third kappa shape index (κ3) is 1.57. The fourth-order valence-corrected chi connectivity index (χ4v) is 1.36. The van der Waals surface area contributed by atoms with Crippen LogP contribution in [0.2, 0.25) is 0 Å². The number of hydrogen-bond acceptors (Lipinski definition) is 3. The van der Waals surface area contributed by atoms with E-state index in [1.54, 1.807) is 6.20 Å². The van der Waals surface area contributed by atoms with Gasteiger partial charge in [-0.1, -0.05) is 30.3 Å². The minimum Gasteiger partial charge on any atom is -0.479 e. The summed E-state index contributed by atoms with van der Waals surface area (Å²) in [6.07, 6.45) is 1.63. The molecule has 0 unspecified atom stereocenters. The van der Waals surface area contributed by atoms with Gasteiger partial charge in [0.1, 0.15) is 0 Å². The molecule has 0 radical (unpaired) electrons. The smallest absolute Gasteiger partial charge is 0.314 e. The quantitative estimate of drug-likeness (QED) is 0.742. The molecule has 0 bridgehead atoms. The van der Waals surface area contributed by atoms with Crippen molar-refractivity contribution in [2.24, 2.45) is 0 Å². The minimum atomic E-state index is -0.179. The molecule has 70 valence electrons. The lowest BCUT2D eigenvalue weighted by Gasteiger charge is -2.03. The van der Waals surface area contributed by atoms with Gasteiger partial charge in [-0.2, -0.15) is 0 Å². The highest BCUT2D eigenvalue weighted by molar-refractivity contribution is 5.64. The second kappa shape index (κ2) is 3.46. The normalized spacial score (nSPS) is 10.1. The van der Waals surface area contributed by atoms with Crippen LogP contribution in [0, 0.1) is 6.92 Å². The number of rotatable bonds is 1. The average Bonchev–Trinajstić information content (AvgIpc) is 2.19. The maximum Gasteiger partial charge on any atom is 0.314 e. The van der Waals surface area contributed by atoms with Crippen LogP contribution in [-0.4, -0.2) is 15.1 Å². The van der Waals surface area contributed by atoms with Crippen molar-refractivity contribution >= 4 is 0 Å². The monoisotopic (exact) mass is 186 g/mol. The Balaban J connectivity index is 2.53. The zero-order chi connectivity index (χ0) is 9.97. The first-order valence-corrected chi connectivity index (χ1v) is 4.35. The van der Waals surface area contributed by atoms with Crippen LogP contribution in [0.3, 0.4) is 0 Å². The van der Waals surface area contributed by atoms with Gasteiger partial charge in [0.2, 0.25) is 0 Å². The summed E-state index contributed by atoms with van der Waals surface area (Å²) >= 11 is 0. The molecule has 3 heteroatoms. The summed E-state index contributed by atoms with van der Waals surface area (Å²) in [6.45, 7) is 1.85. The zero-order valence-corrected chi connectivity index (χ0v) is 7.81. The first-order chi connectivity index (χ1) is 6.77. The molecule has 0 saturated carbocycles. The predicted molar refractivity (Wildman–Crippen MR) is 53.9 cm³/mol. The third-order valence-corrected chi connectivity index (χ3v) is 2.05. The van der Waals surface area contributed by atoms with E-state index in [0.29, 0.717) is 0 Å². The average molecular weight is 186 g/mol. The molecule has 0 aliphatic rings. The molecule has 0 atom stereocenters. The number of aromatic nitrogens is 2. The molecule has 0 aliphatic heterocycles. The molecule has 0 saturated heterocycles. The van der Waals surface area contributed by atoms with Crippen molar-refractivity contribution in [1.82, 2.24) is 9.97 Å². The summed E-state index contributed by atoms with van der Waals surface area (Å²) in [5.74, 6) is 0. The fraction of sp³-hybridized carbons (Fsp3) is 0.0909. The van der Waals surface area contributed by atoms with Gasteiger partial charge in [0.15, 0.2) is 0 Å². The summed E-state index contributed by atoms with van der Waals surface area (Å²) < 4.78 is 0. The Labute approximate surface area is 82.1 Å². The molecular formula is C11H10N2O. The van der Waals surface area contributed by atoms with Crippen molar-refractivity contribution in [2.45, 2.75) is 6.92 Å². The molecule has 1 aromatic heterocycles. The maximum absolute atomic E-state index is 9.06. The maximum atomic E-state index is 9.06. The van der Waals surface area contributed by atoms with Crippen LogP contribution in [0.4, 0.5) is 0 Å². The summed E-state index contributed by atoms with van der Waals surface area (Å²) in [5, 5.41) is 9.06. The van der Waals surface area contributed by atoms with Crippen LogP contribution < -0.4 is 0 Å². The number of benzene rings is 1. The lowest BCUT2D eigenvalue weighted by atomic mass is 10.1. The highest BCUT2D eigenvalue weighted by atomic mass is 16.3. The summed E-state index contributed by atoms with van der Waals surface area (Å²) in [5.41, 5.74) is 2.79. The van der Waals surface area contributed by atoms with Gasteiger partial charge < -0.3 is 5.11 Å². The van der Waals surface area contributed by atoms with Gasteiger partial charge in [-0.3, -0.25) is 0 Å². The first-order valence-electron chi connectivity index (χ1n) is 4.35. The molecule has 0 fully saturated rings. The van der Waals surface area contributed by atoms with Gasteiger partial charge in [0.25, 0.3) is 0 Å². The highest BCUT2D eigenvalue weighted by Crippen LogP contribution is 2.21. The third-order valence-electron chi connectivity index (χ3n) is 2.05. The van der Waals surface area contributed by atoms with Gasteiger partial charge in [0, 0.05) is 11.8 Å². The molecule has 3 nitrogen and oxygen atoms in total. The molecule has 0 spiro atoms. The van der Waals surface area contributed by atoms with Crippen molar-refractivity contribution in [3.05, 3.63) is 42.2 Å². The number of hydrogen-bond donors (Lipinski definition) is 1. The largest absolute Gasteiger partial charge is 0.479 e. The zero-order valence-electron chi connectivity index (χ0n) is 7.81. The lowest BCUT2D eigenvalue weighted by molar-refractivity contribution is 0.429. The Morgan fingerprint density at radius 3 is 2.50 bits per heavy atom. The van der Waals surface area contributed by atoms with E-state index < -0.39 is 0 Å². The number of aryl methyl sites for hydroxylation is 1. The topological polar surface area (TPSA) is 46.0 Å². The molecule has 2 aromatic rings. The molecule has 2 rings (SSSR count). The van der Waals surface area contributed by atoms with E-state index in [1.807, 2.05) is 37.3 Å². The standard InChI is InChI=1S/C11H10N2O/c1-8-10(7-12-11(14)13-8)9-5-3-2-4-6-9/h2-7H,1H3,(H,12,13,14). The first kappa shape index (κ1) is 8.69. The summed E-state index contributed by atoms with van der Waals surface area (Å²) in [6, 6.07) is 9.68. The van der Waals surface area contributed by atoms with Crippen molar-refractivity contribution in [3.8, 4) is 17.1 Å². The van der Waals surface area contributed by atoms with Gasteiger partial charge in [-0.25, -0.2) is 9.97 Å². The Bertz CT molecular complexity index is 440. The van der Waals surface area contributed by atoms with Gasteiger partial charge in [0.05, 0.1) is 5.69 Å². The molecule has 1 heterocycles. The summed E-state index contributed by atoms with van der Waals surface area (Å²) in [7, 11) is 0. The van der Waals surface area contributed by atoms with E-state index >= 15 is 0 Å². The molecule has 1 N–H and O–H groups in total. The second-order valence-electron chi connectivity index (χ2n) is 3.04. The Morgan fingerprint density at radius 2 is 1.86 bits per heavy atom. The van der Waals surface area contributed by atoms with Crippen LogP contribution in [0.15, 0.2) is 36.5 Å². The van der Waals surface area contributed by atoms with E-state index in [-0.39, 0.29) is 6.01 Å². The van der Waals surface area contributed by atoms with Crippen molar-refractivity contribution in [3.63, 3.8) is 0 Å². The minimum absolute atomic E-state index is 0.179. The SMILES string of the molecule is Cc1nc(O)ncc1-c1ccccc1. The molecule has 14 heavy (non-hydrogen) atoms. The second-order valence-corrected chi connectivity index (χ2v) is 3.04. The van der Waals surface area contributed by atoms with E-state index in [4.69, 9.17) is 5.11 Å². The van der Waals surface area contributed by atoms with Crippen molar-refractivity contribution in [2.75, 3.05) is 0 Å². The number of aromatic hydroxyl groups is 1. The highest BCUT2D eigenvalue weighted by Gasteiger charge is 2.03. The molecular weight excluding hydrogens is 176 g/mol.